The first kappa shape index (κ1) is 15.8. The van der Waals surface area contributed by atoms with Crippen LogP contribution in [0.15, 0.2) is 18.3 Å². The molecular formula is C17H24ClN3O. The third-order valence-electron chi connectivity index (χ3n) is 5.01. The fourth-order valence-electron chi connectivity index (χ4n) is 3.85. The van der Waals surface area contributed by atoms with Gasteiger partial charge in [0.25, 0.3) is 5.91 Å². The van der Waals surface area contributed by atoms with Gasteiger partial charge in [-0.15, -0.1) is 0 Å². The zero-order chi connectivity index (χ0) is 15.4. The van der Waals surface area contributed by atoms with Crippen LogP contribution in [-0.2, 0) is 0 Å². The molecule has 2 unspecified atom stereocenters. The molecule has 0 radical (unpaired) electrons. The van der Waals surface area contributed by atoms with Gasteiger partial charge in [0, 0.05) is 18.8 Å². The minimum Gasteiger partial charge on any atom is -0.352 e. The molecule has 2 atom stereocenters. The van der Waals surface area contributed by atoms with Crippen molar-refractivity contribution in [1.82, 2.24) is 15.2 Å². The van der Waals surface area contributed by atoms with Crippen molar-refractivity contribution in [1.29, 1.82) is 0 Å². The molecule has 0 bridgehead atoms. The van der Waals surface area contributed by atoms with Gasteiger partial charge in [0.05, 0.1) is 5.56 Å². The lowest BCUT2D eigenvalue weighted by Crippen LogP contribution is -2.45. The first-order chi connectivity index (χ1) is 10.8. The molecule has 1 aromatic rings. The molecule has 1 aliphatic carbocycles. The quantitative estimate of drug-likeness (QED) is 0.867. The van der Waals surface area contributed by atoms with Crippen molar-refractivity contribution in [2.24, 2.45) is 5.92 Å². The summed E-state index contributed by atoms with van der Waals surface area (Å²) in [5.41, 5.74) is 0.470. The Kier molecular flexibility index (Phi) is 5.32. The topological polar surface area (TPSA) is 45.2 Å². The van der Waals surface area contributed by atoms with Gasteiger partial charge in [-0.05, 0) is 56.8 Å². The Labute approximate surface area is 137 Å². The molecule has 4 nitrogen and oxygen atoms in total. The summed E-state index contributed by atoms with van der Waals surface area (Å²) in [4.78, 5) is 18.9. The van der Waals surface area contributed by atoms with Crippen LogP contribution in [0.5, 0.6) is 0 Å². The maximum Gasteiger partial charge on any atom is 0.254 e. The molecule has 5 heteroatoms. The highest BCUT2D eigenvalue weighted by molar-refractivity contribution is 6.32. The van der Waals surface area contributed by atoms with Crippen LogP contribution in [-0.4, -0.2) is 41.5 Å². The van der Waals surface area contributed by atoms with Crippen molar-refractivity contribution in [3.05, 3.63) is 29.0 Å². The molecule has 1 saturated heterocycles. The summed E-state index contributed by atoms with van der Waals surface area (Å²) in [5.74, 6) is 0.454. The highest BCUT2D eigenvalue weighted by Gasteiger charge is 2.31. The molecule has 1 aliphatic heterocycles. The largest absolute Gasteiger partial charge is 0.352 e. The molecule has 3 rings (SSSR count). The monoisotopic (exact) mass is 321 g/mol. The average Bonchev–Trinajstić information content (AvgIpc) is 3.07. The van der Waals surface area contributed by atoms with E-state index in [0.29, 0.717) is 17.5 Å². The summed E-state index contributed by atoms with van der Waals surface area (Å²) < 4.78 is 0. The third kappa shape index (κ3) is 3.61. The Hall–Kier alpha value is -1.13. The Morgan fingerprint density at radius 2 is 2.05 bits per heavy atom. The van der Waals surface area contributed by atoms with Crippen molar-refractivity contribution >= 4 is 17.5 Å². The summed E-state index contributed by atoms with van der Waals surface area (Å²) in [5, 5.41) is 3.35. The van der Waals surface area contributed by atoms with Gasteiger partial charge < -0.3 is 10.2 Å². The van der Waals surface area contributed by atoms with Crippen LogP contribution in [0, 0.1) is 5.92 Å². The van der Waals surface area contributed by atoms with Gasteiger partial charge >= 0.3 is 0 Å². The lowest BCUT2D eigenvalue weighted by Gasteiger charge is -2.38. The van der Waals surface area contributed by atoms with E-state index in [2.05, 4.69) is 15.2 Å². The molecule has 22 heavy (non-hydrogen) atoms. The van der Waals surface area contributed by atoms with Crippen LogP contribution in [0.4, 0.5) is 0 Å². The van der Waals surface area contributed by atoms with E-state index in [9.17, 15) is 4.79 Å². The van der Waals surface area contributed by atoms with E-state index in [1.807, 2.05) is 0 Å². The maximum absolute atomic E-state index is 12.3. The van der Waals surface area contributed by atoms with Crippen LogP contribution in [0.25, 0.3) is 0 Å². The number of amides is 1. The predicted molar refractivity (Wildman–Crippen MR) is 88.1 cm³/mol. The molecule has 2 fully saturated rings. The van der Waals surface area contributed by atoms with Gasteiger partial charge in [0.2, 0.25) is 0 Å². The molecule has 2 heterocycles. The van der Waals surface area contributed by atoms with E-state index in [1.54, 1.807) is 18.3 Å². The molecule has 1 N–H and O–H groups in total. The summed E-state index contributed by atoms with van der Waals surface area (Å²) in [6.45, 7) is 3.19. The van der Waals surface area contributed by atoms with Crippen LogP contribution in [0.2, 0.25) is 5.15 Å². The van der Waals surface area contributed by atoms with E-state index in [-0.39, 0.29) is 11.1 Å². The van der Waals surface area contributed by atoms with E-state index < -0.39 is 0 Å². The van der Waals surface area contributed by atoms with Crippen LogP contribution >= 0.6 is 11.6 Å². The van der Waals surface area contributed by atoms with Crippen molar-refractivity contribution in [2.45, 2.75) is 44.6 Å². The van der Waals surface area contributed by atoms with Gasteiger partial charge in [-0.3, -0.25) is 4.79 Å². The standard InChI is InChI=1S/C17H24ClN3O/c18-16-14(7-5-9-19-16)17(22)20-12-13-6-1-2-8-15(13)21-10-3-4-11-21/h5,7,9,13,15H,1-4,6,8,10-12H2,(H,20,22). The number of nitrogens with zero attached hydrogens (tertiary/aromatic N) is 2. The number of rotatable bonds is 4. The fourth-order valence-corrected chi connectivity index (χ4v) is 4.06. The number of hydrogen-bond donors (Lipinski definition) is 1. The second-order valence-electron chi connectivity index (χ2n) is 6.41. The minimum atomic E-state index is -0.108. The number of likely N-dealkylation sites (tertiary alicyclic amines) is 1. The zero-order valence-electron chi connectivity index (χ0n) is 12.9. The molecule has 1 aromatic heterocycles. The first-order valence-corrected chi connectivity index (χ1v) is 8.76. The number of nitrogens with one attached hydrogen (secondary N) is 1. The van der Waals surface area contributed by atoms with Gasteiger partial charge in [-0.1, -0.05) is 24.4 Å². The lowest BCUT2D eigenvalue weighted by atomic mass is 9.83. The van der Waals surface area contributed by atoms with Crippen molar-refractivity contribution in [2.75, 3.05) is 19.6 Å². The predicted octanol–water partition coefficient (Wildman–Crippen LogP) is 3.12. The summed E-state index contributed by atoms with van der Waals surface area (Å²) in [7, 11) is 0. The smallest absolute Gasteiger partial charge is 0.254 e. The first-order valence-electron chi connectivity index (χ1n) is 8.38. The van der Waals surface area contributed by atoms with E-state index in [1.165, 1.54) is 51.6 Å². The van der Waals surface area contributed by atoms with Crippen molar-refractivity contribution in [3.63, 3.8) is 0 Å². The number of hydrogen-bond acceptors (Lipinski definition) is 3. The van der Waals surface area contributed by atoms with Gasteiger partial charge in [0.1, 0.15) is 5.15 Å². The highest BCUT2D eigenvalue weighted by atomic mass is 35.5. The third-order valence-corrected chi connectivity index (χ3v) is 5.31. The van der Waals surface area contributed by atoms with E-state index in [0.717, 1.165) is 6.54 Å². The second-order valence-corrected chi connectivity index (χ2v) is 6.76. The molecular weight excluding hydrogens is 298 g/mol. The van der Waals surface area contributed by atoms with Gasteiger partial charge in [-0.25, -0.2) is 4.98 Å². The molecule has 0 spiro atoms. The Morgan fingerprint density at radius 3 is 2.82 bits per heavy atom. The van der Waals surface area contributed by atoms with Crippen LogP contribution in [0.3, 0.4) is 0 Å². The van der Waals surface area contributed by atoms with E-state index >= 15 is 0 Å². The summed E-state index contributed by atoms with van der Waals surface area (Å²) >= 11 is 5.99. The molecule has 0 aromatic carbocycles. The minimum absolute atomic E-state index is 0.108. The molecule has 120 valence electrons. The Balaban J connectivity index is 1.59. The SMILES string of the molecule is O=C(NCC1CCCCC1N1CCCC1)c1cccnc1Cl. The van der Waals surface area contributed by atoms with Crippen LogP contribution < -0.4 is 5.32 Å². The van der Waals surface area contributed by atoms with Crippen LogP contribution in [0.1, 0.15) is 48.9 Å². The molecule has 2 aliphatic rings. The van der Waals surface area contributed by atoms with Crippen molar-refractivity contribution in [3.8, 4) is 0 Å². The average molecular weight is 322 g/mol. The van der Waals surface area contributed by atoms with Crippen molar-refractivity contribution < 1.29 is 4.79 Å². The normalized spacial score (nSPS) is 26.0. The maximum atomic E-state index is 12.3. The fraction of sp³-hybridized carbons (Fsp3) is 0.647. The Bertz CT molecular complexity index is 516. The highest BCUT2D eigenvalue weighted by Crippen LogP contribution is 2.30. The number of carbonyl (C=O) groups excluding carboxylic acids is 1. The van der Waals surface area contributed by atoms with Gasteiger partial charge in [-0.2, -0.15) is 0 Å². The van der Waals surface area contributed by atoms with Gasteiger partial charge in [0.15, 0.2) is 0 Å². The second kappa shape index (κ2) is 7.42. The van der Waals surface area contributed by atoms with E-state index in [4.69, 9.17) is 11.6 Å². The number of pyridine rings is 1. The zero-order valence-corrected chi connectivity index (χ0v) is 13.7. The molecule has 1 saturated carbocycles. The molecule has 1 amide bonds. The summed E-state index contributed by atoms with van der Waals surface area (Å²) in [6, 6.07) is 4.11. The lowest BCUT2D eigenvalue weighted by molar-refractivity contribution is 0.0903. The summed E-state index contributed by atoms with van der Waals surface area (Å²) in [6.07, 6.45) is 9.32. The number of aromatic nitrogens is 1. The number of carbonyl (C=O) groups is 1. The number of halogens is 1. The Morgan fingerprint density at radius 1 is 1.27 bits per heavy atom.